The molecule has 1 aromatic carbocycles. The minimum absolute atomic E-state index is 0.113. The van der Waals surface area contributed by atoms with E-state index in [0.717, 1.165) is 0 Å². The number of β-amino-alcohol motifs (C(OH)–C–C–N with tert-alkyl or cyclic N) is 1. The van der Waals surface area contributed by atoms with Crippen molar-refractivity contribution in [2.75, 3.05) is 38.4 Å². The maximum Gasteiger partial charge on any atom is 0.310 e. The second-order valence-corrected chi connectivity index (χ2v) is 6.46. The Morgan fingerprint density at radius 2 is 2.12 bits per heavy atom. The Kier molecular flexibility index (Phi) is 5.63. The van der Waals surface area contributed by atoms with Crippen LogP contribution in [0.4, 0.5) is 5.69 Å². The number of benzene rings is 1. The van der Waals surface area contributed by atoms with Crippen molar-refractivity contribution < 1.29 is 28.9 Å². The third-order valence-corrected chi connectivity index (χ3v) is 4.54. The lowest BCUT2D eigenvalue weighted by atomic mass is 10.1. The van der Waals surface area contributed by atoms with Crippen LogP contribution in [0.15, 0.2) is 12.1 Å². The lowest BCUT2D eigenvalue weighted by Crippen LogP contribution is -2.36. The number of carbonyl (C=O) groups is 2. The van der Waals surface area contributed by atoms with Gasteiger partial charge in [0.2, 0.25) is 6.79 Å². The molecule has 2 atom stereocenters. The maximum absolute atomic E-state index is 11.9. The van der Waals surface area contributed by atoms with Gasteiger partial charge in [0.1, 0.15) is 6.23 Å². The van der Waals surface area contributed by atoms with Crippen LogP contribution in [0.25, 0.3) is 0 Å². The lowest BCUT2D eigenvalue weighted by Gasteiger charge is -2.22. The summed E-state index contributed by atoms with van der Waals surface area (Å²) < 4.78 is 15.7. The van der Waals surface area contributed by atoms with E-state index in [-0.39, 0.29) is 24.5 Å². The zero-order valence-corrected chi connectivity index (χ0v) is 15.0. The number of nitrogens with one attached hydrogen (secondary N) is 1. The Balaban J connectivity index is 1.61. The number of ketones is 1. The molecule has 26 heavy (non-hydrogen) atoms. The van der Waals surface area contributed by atoms with Gasteiger partial charge in [0.05, 0.1) is 18.2 Å². The molecule has 1 fully saturated rings. The van der Waals surface area contributed by atoms with Crippen LogP contribution < -0.4 is 14.8 Å². The van der Waals surface area contributed by atoms with E-state index in [2.05, 4.69) is 5.32 Å². The van der Waals surface area contributed by atoms with Gasteiger partial charge in [0.25, 0.3) is 0 Å². The second-order valence-electron chi connectivity index (χ2n) is 6.46. The molecule has 0 spiro atoms. The van der Waals surface area contributed by atoms with Crippen LogP contribution in [-0.2, 0) is 9.53 Å². The summed E-state index contributed by atoms with van der Waals surface area (Å²) in [4.78, 5) is 25.7. The molecule has 3 rings (SSSR count). The van der Waals surface area contributed by atoms with E-state index in [1.54, 1.807) is 19.1 Å². The van der Waals surface area contributed by atoms with Crippen LogP contribution in [0.3, 0.4) is 0 Å². The van der Waals surface area contributed by atoms with Gasteiger partial charge < -0.3 is 24.6 Å². The summed E-state index contributed by atoms with van der Waals surface area (Å²) in [5, 5.41) is 13.4. The third kappa shape index (κ3) is 4.08. The fourth-order valence-corrected chi connectivity index (χ4v) is 3.27. The first-order valence-electron chi connectivity index (χ1n) is 8.76. The minimum atomic E-state index is -0.894. The number of carbonyl (C=O) groups excluding carboxylic acids is 2. The van der Waals surface area contributed by atoms with Crippen molar-refractivity contribution in [3.8, 4) is 11.5 Å². The predicted molar refractivity (Wildman–Crippen MR) is 93.4 cm³/mol. The number of hydrogen-bond acceptors (Lipinski definition) is 8. The van der Waals surface area contributed by atoms with E-state index in [0.29, 0.717) is 55.4 Å². The van der Waals surface area contributed by atoms with Crippen molar-refractivity contribution in [2.45, 2.75) is 26.5 Å². The Morgan fingerprint density at radius 3 is 2.81 bits per heavy atom. The number of anilines is 1. The Bertz CT molecular complexity index is 693. The van der Waals surface area contributed by atoms with Crippen molar-refractivity contribution in [1.82, 2.24) is 4.90 Å². The standard InChI is InChI=1S/C18H24N2O6/c1-3-24-18(23)12-4-5-20(8-12)9-17(22)19-14-7-16-15(25-10-26-16)6-13(14)11(2)21/h6-7,12,17,19,22H,3-5,8-10H2,1-2H3. The van der Waals surface area contributed by atoms with Gasteiger partial charge in [-0.25, -0.2) is 0 Å². The lowest BCUT2D eigenvalue weighted by molar-refractivity contribution is -0.147. The number of rotatable bonds is 7. The van der Waals surface area contributed by atoms with Crippen LogP contribution in [-0.4, -0.2) is 61.0 Å². The number of esters is 1. The number of hydrogen-bond donors (Lipinski definition) is 2. The molecule has 1 saturated heterocycles. The van der Waals surface area contributed by atoms with Crippen molar-refractivity contribution in [2.24, 2.45) is 5.92 Å². The summed E-state index contributed by atoms with van der Waals surface area (Å²) in [6.45, 7) is 5.33. The number of likely N-dealkylation sites (tertiary alicyclic amines) is 1. The summed E-state index contributed by atoms with van der Waals surface area (Å²) in [6, 6.07) is 3.28. The smallest absolute Gasteiger partial charge is 0.310 e. The normalized spacial score (nSPS) is 20.0. The average Bonchev–Trinajstić information content (AvgIpc) is 3.22. The fraction of sp³-hybridized carbons (Fsp3) is 0.556. The largest absolute Gasteiger partial charge is 0.466 e. The number of ether oxygens (including phenoxy) is 3. The van der Waals surface area contributed by atoms with Gasteiger partial charge in [-0.15, -0.1) is 0 Å². The molecular weight excluding hydrogens is 340 g/mol. The first-order chi connectivity index (χ1) is 12.5. The van der Waals surface area contributed by atoms with Crippen LogP contribution in [0, 0.1) is 5.92 Å². The molecule has 0 radical (unpaired) electrons. The summed E-state index contributed by atoms with van der Waals surface area (Å²) in [6.07, 6.45) is -0.178. The summed E-state index contributed by atoms with van der Waals surface area (Å²) >= 11 is 0. The summed E-state index contributed by atoms with van der Waals surface area (Å²) in [7, 11) is 0. The van der Waals surface area contributed by atoms with E-state index in [1.807, 2.05) is 4.90 Å². The van der Waals surface area contributed by atoms with Crippen molar-refractivity contribution in [3.05, 3.63) is 17.7 Å². The highest BCUT2D eigenvalue weighted by Crippen LogP contribution is 2.37. The molecule has 0 bridgehead atoms. The second kappa shape index (κ2) is 7.92. The molecule has 2 aliphatic rings. The average molecular weight is 364 g/mol. The zero-order valence-electron chi connectivity index (χ0n) is 15.0. The molecule has 1 aromatic rings. The number of fused-ring (bicyclic) bond motifs is 1. The zero-order chi connectivity index (χ0) is 18.7. The van der Waals surface area contributed by atoms with Crippen LogP contribution in [0.5, 0.6) is 11.5 Å². The molecule has 2 N–H and O–H groups in total. The molecule has 0 amide bonds. The summed E-state index contributed by atoms with van der Waals surface area (Å²) in [5.74, 6) is 0.578. The molecule has 142 valence electrons. The van der Waals surface area contributed by atoms with Gasteiger partial charge in [-0.1, -0.05) is 0 Å². The third-order valence-electron chi connectivity index (χ3n) is 4.54. The molecule has 2 unspecified atom stereocenters. The minimum Gasteiger partial charge on any atom is -0.466 e. The molecule has 8 heteroatoms. The van der Waals surface area contributed by atoms with E-state index in [9.17, 15) is 14.7 Å². The number of nitrogens with zero attached hydrogens (tertiary/aromatic N) is 1. The molecular formula is C18H24N2O6. The van der Waals surface area contributed by atoms with Crippen LogP contribution >= 0.6 is 0 Å². The fourth-order valence-electron chi connectivity index (χ4n) is 3.27. The first kappa shape index (κ1) is 18.5. The molecule has 2 heterocycles. The predicted octanol–water partition coefficient (Wildman–Crippen LogP) is 1.23. The molecule has 2 aliphatic heterocycles. The van der Waals surface area contributed by atoms with Crippen LogP contribution in [0.2, 0.25) is 0 Å². The number of aliphatic hydroxyl groups excluding tert-OH is 1. The van der Waals surface area contributed by atoms with Gasteiger partial charge in [-0.2, -0.15) is 0 Å². The maximum atomic E-state index is 11.9. The SMILES string of the molecule is CCOC(=O)C1CCN(CC(O)Nc2cc3c(cc2C(C)=O)OCO3)C1. The first-order valence-corrected chi connectivity index (χ1v) is 8.76. The van der Waals surface area contributed by atoms with Gasteiger partial charge in [0, 0.05) is 24.7 Å². The van der Waals surface area contributed by atoms with Gasteiger partial charge in [-0.05, 0) is 32.9 Å². The van der Waals surface area contributed by atoms with Gasteiger partial charge in [-0.3, -0.25) is 14.5 Å². The van der Waals surface area contributed by atoms with Gasteiger partial charge in [0.15, 0.2) is 17.3 Å². The monoisotopic (exact) mass is 364 g/mol. The molecule has 0 aromatic heterocycles. The topological polar surface area (TPSA) is 97.3 Å². The molecule has 0 aliphatic carbocycles. The van der Waals surface area contributed by atoms with Crippen molar-refractivity contribution in [1.29, 1.82) is 0 Å². The van der Waals surface area contributed by atoms with Crippen molar-refractivity contribution >= 4 is 17.4 Å². The summed E-state index contributed by atoms with van der Waals surface area (Å²) in [5.41, 5.74) is 0.925. The highest BCUT2D eigenvalue weighted by molar-refractivity contribution is 6.00. The van der Waals surface area contributed by atoms with E-state index >= 15 is 0 Å². The number of Topliss-reactive ketones (excluding diaryl/α,β-unsaturated/α-hetero) is 1. The quantitative estimate of drug-likeness (QED) is 0.424. The van der Waals surface area contributed by atoms with Crippen molar-refractivity contribution in [3.63, 3.8) is 0 Å². The Hall–Kier alpha value is -2.32. The Labute approximate surface area is 152 Å². The molecule has 0 saturated carbocycles. The Morgan fingerprint density at radius 1 is 1.38 bits per heavy atom. The van der Waals surface area contributed by atoms with Crippen LogP contribution in [0.1, 0.15) is 30.6 Å². The highest BCUT2D eigenvalue weighted by atomic mass is 16.7. The van der Waals surface area contributed by atoms with Gasteiger partial charge >= 0.3 is 5.97 Å². The molecule has 8 nitrogen and oxygen atoms in total. The van der Waals surface area contributed by atoms with E-state index in [1.165, 1.54) is 6.92 Å². The number of aliphatic hydroxyl groups is 1. The van der Waals surface area contributed by atoms with E-state index < -0.39 is 6.23 Å². The van der Waals surface area contributed by atoms with E-state index in [4.69, 9.17) is 14.2 Å². The highest BCUT2D eigenvalue weighted by Gasteiger charge is 2.30.